The average molecular weight is 249 g/mol. The van der Waals surface area contributed by atoms with Crippen molar-refractivity contribution in [3.63, 3.8) is 0 Å². The van der Waals surface area contributed by atoms with Gasteiger partial charge in [-0.3, -0.25) is 4.98 Å². The standard InChI is InChI=1S/C12H13ClN4/c1-9-11(13)16-8-17-12(9)15-7-5-10-4-2-3-6-14-10/h2-4,6,8H,5,7H2,1H3,(H,15,16,17). The summed E-state index contributed by atoms with van der Waals surface area (Å²) >= 11 is 5.91. The molecule has 0 fully saturated rings. The Bertz CT molecular complexity index is 487. The second kappa shape index (κ2) is 5.59. The fraction of sp³-hybridized carbons (Fsp3) is 0.250. The minimum absolute atomic E-state index is 0.486. The van der Waals surface area contributed by atoms with Gasteiger partial charge in [-0.25, -0.2) is 9.97 Å². The summed E-state index contributed by atoms with van der Waals surface area (Å²) in [5, 5.41) is 3.71. The molecule has 0 saturated heterocycles. The molecule has 4 nitrogen and oxygen atoms in total. The Balaban J connectivity index is 1.93. The van der Waals surface area contributed by atoms with Crippen LogP contribution < -0.4 is 5.32 Å². The third-order valence-electron chi connectivity index (χ3n) is 2.42. The molecule has 0 aliphatic carbocycles. The molecule has 2 aromatic heterocycles. The fourth-order valence-corrected chi connectivity index (χ4v) is 1.59. The lowest BCUT2D eigenvalue weighted by Gasteiger charge is -2.08. The van der Waals surface area contributed by atoms with E-state index in [2.05, 4.69) is 20.3 Å². The van der Waals surface area contributed by atoms with Crippen molar-refractivity contribution in [1.82, 2.24) is 15.0 Å². The fourth-order valence-electron chi connectivity index (χ4n) is 1.46. The normalized spacial score (nSPS) is 10.2. The van der Waals surface area contributed by atoms with Crippen LogP contribution in [0.1, 0.15) is 11.3 Å². The molecule has 2 rings (SSSR count). The van der Waals surface area contributed by atoms with Gasteiger partial charge in [0.2, 0.25) is 0 Å². The van der Waals surface area contributed by atoms with Crippen molar-refractivity contribution in [2.75, 3.05) is 11.9 Å². The molecule has 0 aromatic carbocycles. The van der Waals surface area contributed by atoms with Crippen molar-refractivity contribution in [3.05, 3.63) is 47.1 Å². The van der Waals surface area contributed by atoms with E-state index in [1.54, 1.807) is 6.20 Å². The molecule has 0 saturated carbocycles. The van der Waals surface area contributed by atoms with Crippen LogP contribution in [0.15, 0.2) is 30.7 Å². The molecule has 5 heteroatoms. The number of pyridine rings is 1. The van der Waals surface area contributed by atoms with Gasteiger partial charge >= 0.3 is 0 Å². The van der Waals surface area contributed by atoms with Crippen molar-refractivity contribution >= 4 is 17.4 Å². The molecule has 0 radical (unpaired) electrons. The highest BCUT2D eigenvalue weighted by atomic mass is 35.5. The van der Waals surface area contributed by atoms with Crippen LogP contribution in [0.3, 0.4) is 0 Å². The largest absolute Gasteiger partial charge is 0.369 e. The first-order chi connectivity index (χ1) is 8.27. The number of hydrogen-bond acceptors (Lipinski definition) is 4. The molecule has 0 atom stereocenters. The quantitative estimate of drug-likeness (QED) is 0.845. The lowest BCUT2D eigenvalue weighted by Crippen LogP contribution is -2.08. The molecule has 1 N–H and O–H groups in total. The zero-order valence-electron chi connectivity index (χ0n) is 9.52. The summed E-state index contributed by atoms with van der Waals surface area (Å²) in [6, 6.07) is 5.89. The molecular formula is C12H13ClN4. The number of nitrogens with zero attached hydrogens (tertiary/aromatic N) is 3. The number of aromatic nitrogens is 3. The Kier molecular flexibility index (Phi) is 3.88. The second-order valence-corrected chi connectivity index (χ2v) is 3.99. The Morgan fingerprint density at radius 2 is 2.12 bits per heavy atom. The average Bonchev–Trinajstić information content (AvgIpc) is 2.36. The summed E-state index contributed by atoms with van der Waals surface area (Å²) in [6.45, 7) is 2.66. The summed E-state index contributed by atoms with van der Waals surface area (Å²) in [7, 11) is 0. The number of anilines is 1. The summed E-state index contributed by atoms with van der Waals surface area (Å²) in [5.74, 6) is 0.779. The highest BCUT2D eigenvalue weighted by molar-refractivity contribution is 6.30. The maximum absolute atomic E-state index is 5.91. The minimum Gasteiger partial charge on any atom is -0.369 e. The van der Waals surface area contributed by atoms with Crippen molar-refractivity contribution < 1.29 is 0 Å². The molecule has 2 aromatic rings. The summed E-state index contributed by atoms with van der Waals surface area (Å²) in [6.07, 6.45) is 4.10. The third kappa shape index (κ3) is 3.14. The van der Waals surface area contributed by atoms with Crippen molar-refractivity contribution in [1.29, 1.82) is 0 Å². The Morgan fingerprint density at radius 3 is 2.88 bits per heavy atom. The van der Waals surface area contributed by atoms with Crippen LogP contribution in [-0.4, -0.2) is 21.5 Å². The van der Waals surface area contributed by atoms with E-state index in [0.717, 1.165) is 30.0 Å². The van der Waals surface area contributed by atoms with Crippen LogP contribution in [0.25, 0.3) is 0 Å². The zero-order chi connectivity index (χ0) is 12.1. The first-order valence-corrected chi connectivity index (χ1v) is 5.76. The molecule has 0 unspecified atom stereocenters. The van der Waals surface area contributed by atoms with Crippen LogP contribution in [0.4, 0.5) is 5.82 Å². The molecule has 0 bridgehead atoms. The summed E-state index contributed by atoms with van der Waals surface area (Å²) in [5.41, 5.74) is 1.92. The van der Waals surface area contributed by atoms with Gasteiger partial charge in [-0.1, -0.05) is 17.7 Å². The maximum Gasteiger partial charge on any atom is 0.137 e. The molecule has 0 spiro atoms. The summed E-state index contributed by atoms with van der Waals surface area (Å²) in [4.78, 5) is 12.3. The van der Waals surface area contributed by atoms with E-state index in [0.29, 0.717) is 5.15 Å². The van der Waals surface area contributed by atoms with Gasteiger partial charge in [-0.15, -0.1) is 0 Å². The van der Waals surface area contributed by atoms with Gasteiger partial charge in [0.15, 0.2) is 0 Å². The Morgan fingerprint density at radius 1 is 1.24 bits per heavy atom. The van der Waals surface area contributed by atoms with Gasteiger partial charge in [0.1, 0.15) is 17.3 Å². The molecule has 0 aliphatic rings. The lowest BCUT2D eigenvalue weighted by atomic mass is 10.2. The smallest absolute Gasteiger partial charge is 0.137 e. The highest BCUT2D eigenvalue weighted by Crippen LogP contribution is 2.17. The van der Waals surface area contributed by atoms with E-state index in [4.69, 9.17) is 11.6 Å². The van der Waals surface area contributed by atoms with Gasteiger partial charge in [0, 0.05) is 30.4 Å². The highest BCUT2D eigenvalue weighted by Gasteiger charge is 2.03. The van der Waals surface area contributed by atoms with Gasteiger partial charge in [0.25, 0.3) is 0 Å². The molecule has 17 heavy (non-hydrogen) atoms. The zero-order valence-corrected chi connectivity index (χ0v) is 10.3. The van der Waals surface area contributed by atoms with E-state index in [1.807, 2.05) is 25.1 Å². The topological polar surface area (TPSA) is 50.7 Å². The van der Waals surface area contributed by atoms with Crippen LogP contribution in [0.2, 0.25) is 5.15 Å². The van der Waals surface area contributed by atoms with Gasteiger partial charge in [0.05, 0.1) is 0 Å². The van der Waals surface area contributed by atoms with Gasteiger partial charge in [-0.2, -0.15) is 0 Å². The van der Waals surface area contributed by atoms with E-state index >= 15 is 0 Å². The minimum atomic E-state index is 0.486. The SMILES string of the molecule is Cc1c(Cl)ncnc1NCCc1ccccn1. The lowest BCUT2D eigenvalue weighted by molar-refractivity contribution is 0.947. The van der Waals surface area contributed by atoms with Crippen molar-refractivity contribution in [3.8, 4) is 0 Å². The first kappa shape index (κ1) is 11.8. The maximum atomic E-state index is 5.91. The van der Waals surface area contributed by atoms with Crippen molar-refractivity contribution in [2.45, 2.75) is 13.3 Å². The monoisotopic (exact) mass is 248 g/mol. The molecule has 0 amide bonds. The van der Waals surface area contributed by atoms with Crippen LogP contribution in [-0.2, 0) is 6.42 Å². The van der Waals surface area contributed by atoms with E-state index < -0.39 is 0 Å². The predicted octanol–water partition coefficient (Wildman–Crippen LogP) is 2.49. The van der Waals surface area contributed by atoms with Gasteiger partial charge in [-0.05, 0) is 19.1 Å². The number of hydrogen-bond donors (Lipinski definition) is 1. The van der Waals surface area contributed by atoms with E-state index in [-0.39, 0.29) is 0 Å². The molecule has 2 heterocycles. The van der Waals surface area contributed by atoms with Crippen LogP contribution in [0.5, 0.6) is 0 Å². The Hall–Kier alpha value is -1.68. The van der Waals surface area contributed by atoms with Crippen LogP contribution in [0, 0.1) is 6.92 Å². The first-order valence-electron chi connectivity index (χ1n) is 5.38. The number of halogens is 1. The van der Waals surface area contributed by atoms with E-state index in [9.17, 15) is 0 Å². The van der Waals surface area contributed by atoms with E-state index in [1.165, 1.54) is 6.33 Å². The second-order valence-electron chi connectivity index (χ2n) is 3.64. The number of rotatable bonds is 4. The summed E-state index contributed by atoms with van der Waals surface area (Å²) < 4.78 is 0. The van der Waals surface area contributed by atoms with Crippen molar-refractivity contribution in [2.24, 2.45) is 0 Å². The predicted molar refractivity (Wildman–Crippen MR) is 68.2 cm³/mol. The molecular weight excluding hydrogens is 236 g/mol. The molecule has 0 aliphatic heterocycles. The Labute approximate surface area is 105 Å². The third-order valence-corrected chi connectivity index (χ3v) is 2.80. The van der Waals surface area contributed by atoms with Gasteiger partial charge < -0.3 is 5.32 Å². The van der Waals surface area contributed by atoms with Crippen LogP contribution >= 0.6 is 11.6 Å². The number of nitrogens with one attached hydrogen (secondary N) is 1. The molecule has 88 valence electrons.